The van der Waals surface area contributed by atoms with Gasteiger partial charge in [-0.1, -0.05) is 67.1 Å². The molecule has 5 rings (SSSR count). The van der Waals surface area contributed by atoms with E-state index in [9.17, 15) is 9.59 Å². The first-order valence-corrected chi connectivity index (χ1v) is 13.7. The molecule has 1 N–H and O–H groups in total. The quantitative estimate of drug-likeness (QED) is 0.291. The minimum atomic E-state index is -0.644. The van der Waals surface area contributed by atoms with E-state index < -0.39 is 5.92 Å². The van der Waals surface area contributed by atoms with Gasteiger partial charge in [-0.25, -0.2) is 0 Å². The molecule has 1 saturated heterocycles. The van der Waals surface area contributed by atoms with Crippen molar-refractivity contribution < 1.29 is 14.3 Å². The summed E-state index contributed by atoms with van der Waals surface area (Å²) in [6.07, 6.45) is 3.48. The summed E-state index contributed by atoms with van der Waals surface area (Å²) >= 11 is 0. The molecule has 1 unspecified atom stereocenters. The summed E-state index contributed by atoms with van der Waals surface area (Å²) < 4.78 is 5.26. The van der Waals surface area contributed by atoms with Gasteiger partial charge in [0.2, 0.25) is 11.8 Å². The molecule has 1 aliphatic heterocycles. The second-order valence-corrected chi connectivity index (χ2v) is 10.3. The van der Waals surface area contributed by atoms with Gasteiger partial charge in [0.25, 0.3) is 0 Å². The molecule has 6 nitrogen and oxygen atoms in total. The van der Waals surface area contributed by atoms with Gasteiger partial charge >= 0.3 is 0 Å². The van der Waals surface area contributed by atoms with Crippen molar-refractivity contribution in [2.75, 3.05) is 31.6 Å². The van der Waals surface area contributed by atoms with Gasteiger partial charge in [-0.15, -0.1) is 0 Å². The minimum Gasteiger partial charge on any atom is -0.497 e. The maximum Gasteiger partial charge on any atom is 0.239 e. The number of para-hydroxylation sites is 1. The lowest BCUT2D eigenvalue weighted by atomic mass is 9.98. The molecule has 3 atom stereocenters. The van der Waals surface area contributed by atoms with E-state index in [1.807, 2.05) is 77.7 Å². The Morgan fingerprint density at radius 1 is 0.842 bits per heavy atom. The van der Waals surface area contributed by atoms with Crippen LogP contribution in [0.4, 0.5) is 5.69 Å². The number of nitrogens with zero attached hydrogens (tertiary/aromatic N) is 2. The smallest absolute Gasteiger partial charge is 0.239 e. The molecule has 1 aliphatic carbocycles. The highest BCUT2D eigenvalue weighted by atomic mass is 16.5. The van der Waals surface area contributed by atoms with E-state index in [0.717, 1.165) is 42.8 Å². The average Bonchev–Trinajstić information content (AvgIpc) is 3.75. The molecule has 2 fully saturated rings. The highest BCUT2D eigenvalue weighted by molar-refractivity contribution is 6.08. The lowest BCUT2D eigenvalue weighted by Gasteiger charge is -2.23. The number of unbranched alkanes of at least 4 members (excludes halogenated alkanes) is 1. The number of hydrogen-bond acceptors (Lipinski definition) is 4. The second-order valence-electron chi connectivity index (χ2n) is 10.3. The molecule has 0 aromatic heterocycles. The third-order valence-corrected chi connectivity index (χ3v) is 7.71. The molecule has 2 aliphatic rings. The summed E-state index contributed by atoms with van der Waals surface area (Å²) in [7, 11) is 1.69. The highest BCUT2D eigenvalue weighted by Gasteiger charge is 2.39. The molecule has 198 valence electrons. The molecule has 38 heavy (non-hydrogen) atoms. The van der Waals surface area contributed by atoms with E-state index in [2.05, 4.69) is 17.4 Å². The zero-order valence-electron chi connectivity index (χ0n) is 22.1. The predicted molar refractivity (Wildman–Crippen MR) is 150 cm³/mol. The molecule has 0 radical (unpaired) electrons. The van der Waals surface area contributed by atoms with E-state index in [1.165, 1.54) is 5.56 Å². The second kappa shape index (κ2) is 12.3. The van der Waals surface area contributed by atoms with E-state index in [-0.39, 0.29) is 11.8 Å². The first-order chi connectivity index (χ1) is 18.6. The molecule has 0 spiro atoms. The van der Waals surface area contributed by atoms with E-state index in [0.29, 0.717) is 38.0 Å². The number of benzene rings is 3. The van der Waals surface area contributed by atoms with Crippen LogP contribution in [0.1, 0.15) is 42.7 Å². The van der Waals surface area contributed by atoms with Crippen LogP contribution in [-0.4, -0.2) is 49.5 Å². The first-order valence-electron chi connectivity index (χ1n) is 13.7. The van der Waals surface area contributed by atoms with Crippen molar-refractivity contribution >= 4 is 17.5 Å². The number of carbonyl (C=O) groups excluding carboxylic acids is 2. The Kier molecular flexibility index (Phi) is 8.39. The van der Waals surface area contributed by atoms with E-state index in [1.54, 1.807) is 12.0 Å². The van der Waals surface area contributed by atoms with Crippen LogP contribution < -0.4 is 15.0 Å². The molecular formula is C32H37N3O3. The van der Waals surface area contributed by atoms with Gasteiger partial charge in [0.05, 0.1) is 7.11 Å². The fraction of sp³-hybridized carbons (Fsp3) is 0.375. The third kappa shape index (κ3) is 6.25. The number of amides is 2. The summed E-state index contributed by atoms with van der Waals surface area (Å²) in [6, 6.07) is 28.6. The van der Waals surface area contributed by atoms with Gasteiger partial charge < -0.3 is 19.9 Å². The van der Waals surface area contributed by atoms with Crippen LogP contribution >= 0.6 is 0 Å². The molecule has 1 heterocycles. The van der Waals surface area contributed by atoms with Crippen molar-refractivity contribution in [1.82, 2.24) is 10.2 Å². The van der Waals surface area contributed by atoms with Crippen molar-refractivity contribution in [2.45, 2.75) is 44.2 Å². The first kappa shape index (κ1) is 26.0. The number of rotatable bonds is 11. The topological polar surface area (TPSA) is 61.9 Å². The van der Waals surface area contributed by atoms with Crippen molar-refractivity contribution in [1.29, 1.82) is 0 Å². The zero-order valence-corrected chi connectivity index (χ0v) is 22.1. The van der Waals surface area contributed by atoms with Gasteiger partial charge in [-0.2, -0.15) is 0 Å². The predicted octanol–water partition coefficient (Wildman–Crippen LogP) is 5.00. The molecule has 0 bridgehead atoms. The molecule has 6 heteroatoms. The van der Waals surface area contributed by atoms with E-state index in [4.69, 9.17) is 4.74 Å². The van der Waals surface area contributed by atoms with Gasteiger partial charge in [0.15, 0.2) is 0 Å². The lowest BCUT2D eigenvalue weighted by molar-refractivity contribution is -0.140. The maximum absolute atomic E-state index is 13.6. The van der Waals surface area contributed by atoms with Gasteiger partial charge in [-0.3, -0.25) is 9.59 Å². The summed E-state index contributed by atoms with van der Waals surface area (Å²) in [5.41, 5.74) is 3.29. The standard InChI is InChI=1S/C32H37N3O3/c1-38-27-17-15-25(16-18-27)29-22-30(29)33-19-9-8-14-28-31(36)34(23-24-10-4-2-5-11-24)20-21-35(32(28)37)26-12-6-3-7-13-26/h2-7,10-13,15-18,28-30,33H,8-9,14,19-23H2,1H3/t28?,29-,30+/m0/s1. The maximum atomic E-state index is 13.6. The summed E-state index contributed by atoms with van der Waals surface area (Å²) in [5, 5.41) is 3.66. The van der Waals surface area contributed by atoms with E-state index >= 15 is 0 Å². The fourth-order valence-electron chi connectivity index (χ4n) is 5.43. The number of ether oxygens (including phenoxy) is 1. The fourth-order valence-corrected chi connectivity index (χ4v) is 5.43. The largest absolute Gasteiger partial charge is 0.497 e. The van der Waals surface area contributed by atoms with Crippen molar-refractivity contribution in [3.8, 4) is 5.75 Å². The zero-order chi connectivity index (χ0) is 26.3. The SMILES string of the molecule is COc1ccc([C@@H]2C[C@H]2NCCCCC2C(=O)N(Cc3ccccc3)CCN(c3ccccc3)C2=O)cc1. The summed E-state index contributed by atoms with van der Waals surface area (Å²) in [5.74, 6) is 0.666. The summed E-state index contributed by atoms with van der Waals surface area (Å²) in [6.45, 7) is 2.46. The Balaban J connectivity index is 1.17. The number of methoxy groups -OCH3 is 1. The lowest BCUT2D eigenvalue weighted by Crippen LogP contribution is -2.39. The summed E-state index contributed by atoms with van der Waals surface area (Å²) in [4.78, 5) is 30.9. The number of hydrogen-bond donors (Lipinski definition) is 1. The average molecular weight is 512 g/mol. The minimum absolute atomic E-state index is 0.0491. The molecule has 2 amide bonds. The Labute approximate surface area is 225 Å². The van der Waals surface area contributed by atoms with Crippen LogP contribution in [0.2, 0.25) is 0 Å². The van der Waals surface area contributed by atoms with Crippen molar-refractivity contribution in [3.05, 3.63) is 96.1 Å². The Hall–Kier alpha value is -3.64. The van der Waals surface area contributed by atoms with Gasteiger partial charge in [0.1, 0.15) is 11.7 Å². The van der Waals surface area contributed by atoms with Crippen LogP contribution in [0.5, 0.6) is 5.75 Å². The highest BCUT2D eigenvalue weighted by Crippen LogP contribution is 2.41. The Morgan fingerprint density at radius 3 is 2.26 bits per heavy atom. The van der Waals surface area contributed by atoms with Crippen LogP contribution in [0.25, 0.3) is 0 Å². The number of nitrogens with one attached hydrogen (secondary N) is 1. The Morgan fingerprint density at radius 2 is 1.55 bits per heavy atom. The van der Waals surface area contributed by atoms with Gasteiger partial charge in [-0.05, 0) is 61.2 Å². The number of carbonyl (C=O) groups is 2. The molecular weight excluding hydrogens is 474 g/mol. The number of anilines is 1. The van der Waals surface area contributed by atoms with Gasteiger partial charge in [0, 0.05) is 37.3 Å². The molecule has 1 saturated carbocycles. The van der Waals surface area contributed by atoms with Crippen molar-refractivity contribution in [3.63, 3.8) is 0 Å². The molecule has 3 aromatic carbocycles. The molecule has 3 aromatic rings. The Bertz CT molecular complexity index is 1200. The third-order valence-electron chi connectivity index (χ3n) is 7.71. The van der Waals surface area contributed by atoms with Crippen LogP contribution in [-0.2, 0) is 16.1 Å². The normalized spacial score (nSPS) is 21.3. The monoisotopic (exact) mass is 511 g/mol. The van der Waals surface area contributed by atoms with Crippen LogP contribution in [0.3, 0.4) is 0 Å². The van der Waals surface area contributed by atoms with Crippen LogP contribution in [0.15, 0.2) is 84.9 Å². The van der Waals surface area contributed by atoms with Crippen molar-refractivity contribution in [2.24, 2.45) is 5.92 Å². The van der Waals surface area contributed by atoms with Crippen LogP contribution in [0, 0.1) is 5.92 Å².